The molecule has 34 heavy (non-hydrogen) atoms. The summed E-state index contributed by atoms with van der Waals surface area (Å²) in [5, 5.41) is 22.3. The van der Waals surface area contributed by atoms with Crippen molar-refractivity contribution >= 4 is 22.4 Å². The molecule has 174 valence electrons. The largest absolute Gasteiger partial charge is 0.421 e. The summed E-state index contributed by atoms with van der Waals surface area (Å²) in [4.78, 5) is 23.4. The molecular weight excluding hydrogens is 449 g/mol. The summed E-state index contributed by atoms with van der Waals surface area (Å²) >= 11 is 0. The number of Topliss-reactive ketones (excluding diaryl/α,β-unsaturated/α-hetero) is 1. The van der Waals surface area contributed by atoms with Crippen LogP contribution in [0.5, 0.6) is 0 Å². The fraction of sp³-hybridized carbons (Fsp3) is 0.160. The zero-order valence-corrected chi connectivity index (χ0v) is 17.7. The van der Waals surface area contributed by atoms with Gasteiger partial charge in [-0.25, -0.2) is 0 Å². The van der Waals surface area contributed by atoms with Gasteiger partial charge in [-0.3, -0.25) is 14.9 Å². The molecule has 0 aliphatic heterocycles. The van der Waals surface area contributed by atoms with Crippen LogP contribution in [0, 0.1) is 10.1 Å². The van der Waals surface area contributed by atoms with Crippen LogP contribution in [0.4, 0.5) is 18.9 Å². The van der Waals surface area contributed by atoms with Crippen molar-refractivity contribution in [2.24, 2.45) is 0 Å². The fourth-order valence-electron chi connectivity index (χ4n) is 3.94. The Kier molecular flexibility index (Phi) is 5.97. The molecule has 0 radical (unpaired) electrons. The van der Waals surface area contributed by atoms with Crippen LogP contribution >= 0.6 is 0 Å². The molecule has 0 bridgehead atoms. The van der Waals surface area contributed by atoms with Crippen LogP contribution in [0.15, 0.2) is 85.1 Å². The number of nitrogens with zero attached hydrogens (tertiary/aromatic N) is 2. The monoisotopic (exact) mass is 468 g/mol. The van der Waals surface area contributed by atoms with Crippen molar-refractivity contribution in [3.8, 4) is 0 Å². The van der Waals surface area contributed by atoms with E-state index in [1.54, 1.807) is 36.4 Å². The molecule has 6 nitrogen and oxygen atoms in total. The van der Waals surface area contributed by atoms with Crippen LogP contribution in [0.3, 0.4) is 0 Å². The van der Waals surface area contributed by atoms with Crippen molar-refractivity contribution in [1.29, 1.82) is 0 Å². The lowest BCUT2D eigenvalue weighted by atomic mass is 9.86. The predicted molar refractivity (Wildman–Crippen MR) is 119 cm³/mol. The van der Waals surface area contributed by atoms with Gasteiger partial charge in [0.05, 0.1) is 16.9 Å². The first kappa shape index (κ1) is 23.2. The molecule has 0 saturated heterocycles. The highest BCUT2D eigenvalue weighted by Gasteiger charge is 2.57. The number of rotatable bonds is 7. The first-order chi connectivity index (χ1) is 16.1. The van der Waals surface area contributed by atoms with Crippen molar-refractivity contribution in [2.45, 2.75) is 24.7 Å². The minimum Gasteiger partial charge on any atom is -0.376 e. The van der Waals surface area contributed by atoms with E-state index in [4.69, 9.17) is 0 Å². The zero-order chi connectivity index (χ0) is 24.5. The number of benzene rings is 3. The van der Waals surface area contributed by atoms with Crippen molar-refractivity contribution in [1.82, 2.24) is 4.57 Å². The Morgan fingerprint density at radius 3 is 2.18 bits per heavy atom. The summed E-state index contributed by atoms with van der Waals surface area (Å²) in [5.74, 6) is -0.883. The van der Waals surface area contributed by atoms with Crippen molar-refractivity contribution < 1.29 is 28.0 Å². The van der Waals surface area contributed by atoms with E-state index >= 15 is 0 Å². The lowest BCUT2D eigenvalue weighted by Crippen LogP contribution is -2.44. The number of nitro benzene ring substituents is 1. The van der Waals surface area contributed by atoms with Gasteiger partial charge in [0.25, 0.3) is 5.69 Å². The number of aromatic nitrogens is 1. The second-order valence-electron chi connectivity index (χ2n) is 7.94. The second-order valence-corrected chi connectivity index (χ2v) is 7.94. The number of fused-ring (bicyclic) bond motifs is 1. The molecule has 0 aliphatic carbocycles. The molecule has 0 fully saturated rings. The fourth-order valence-corrected chi connectivity index (χ4v) is 3.94. The summed E-state index contributed by atoms with van der Waals surface area (Å²) < 4.78 is 44.4. The average molecular weight is 468 g/mol. The number of ketones is 1. The Bertz CT molecular complexity index is 1350. The third kappa shape index (κ3) is 4.29. The van der Waals surface area contributed by atoms with Crippen molar-refractivity contribution in [3.05, 3.63) is 112 Å². The summed E-state index contributed by atoms with van der Waals surface area (Å²) in [5.41, 5.74) is -3.42. The van der Waals surface area contributed by atoms with Crippen LogP contribution in [0.2, 0.25) is 0 Å². The molecule has 9 heteroatoms. The molecule has 1 unspecified atom stereocenters. The van der Waals surface area contributed by atoms with Gasteiger partial charge in [0.2, 0.25) is 0 Å². The second kappa shape index (κ2) is 8.75. The Morgan fingerprint density at radius 1 is 0.971 bits per heavy atom. The zero-order valence-electron chi connectivity index (χ0n) is 17.7. The third-order valence-corrected chi connectivity index (χ3v) is 5.70. The lowest BCUT2D eigenvalue weighted by molar-refractivity contribution is -0.384. The molecular formula is C25H19F3N2O4. The number of aliphatic hydroxyl groups is 1. The normalized spacial score (nSPS) is 13.5. The number of halogens is 3. The van der Waals surface area contributed by atoms with E-state index in [0.29, 0.717) is 0 Å². The minimum atomic E-state index is -5.19. The number of carbonyl (C=O) groups is 1. The molecule has 0 aliphatic rings. The molecule has 0 amide bonds. The van der Waals surface area contributed by atoms with E-state index in [1.807, 2.05) is 0 Å². The predicted octanol–water partition coefficient (Wildman–Crippen LogP) is 5.62. The van der Waals surface area contributed by atoms with E-state index in [9.17, 15) is 33.2 Å². The maximum Gasteiger partial charge on any atom is 0.421 e. The highest BCUT2D eigenvalue weighted by molar-refractivity contribution is 5.97. The van der Waals surface area contributed by atoms with E-state index in [1.165, 1.54) is 34.9 Å². The Morgan fingerprint density at radius 2 is 1.59 bits per heavy atom. The van der Waals surface area contributed by atoms with Crippen LogP contribution < -0.4 is 0 Å². The topological polar surface area (TPSA) is 85.4 Å². The van der Waals surface area contributed by atoms with Gasteiger partial charge in [0.1, 0.15) is 0 Å². The van der Waals surface area contributed by atoms with E-state index in [-0.39, 0.29) is 28.7 Å². The summed E-state index contributed by atoms with van der Waals surface area (Å²) in [6.07, 6.45) is -5.31. The first-order valence-electron chi connectivity index (χ1n) is 10.3. The van der Waals surface area contributed by atoms with Crippen LogP contribution in [-0.2, 0) is 12.1 Å². The maximum absolute atomic E-state index is 14.3. The molecule has 1 atom stereocenters. The van der Waals surface area contributed by atoms with Gasteiger partial charge in [0, 0.05) is 41.4 Å². The smallest absolute Gasteiger partial charge is 0.376 e. The Labute approximate surface area is 192 Å². The summed E-state index contributed by atoms with van der Waals surface area (Å²) in [7, 11) is 0. The van der Waals surface area contributed by atoms with Gasteiger partial charge >= 0.3 is 6.18 Å². The number of non-ortho nitro benzene ring substituents is 1. The van der Waals surface area contributed by atoms with Crippen LogP contribution in [0.1, 0.15) is 27.9 Å². The maximum atomic E-state index is 14.3. The lowest BCUT2D eigenvalue weighted by Gasteiger charge is -2.30. The van der Waals surface area contributed by atoms with Crippen molar-refractivity contribution in [2.75, 3.05) is 0 Å². The first-order valence-corrected chi connectivity index (χ1v) is 10.3. The summed E-state index contributed by atoms with van der Waals surface area (Å²) in [6.45, 7) is 0.110. The molecule has 4 aromatic rings. The van der Waals surface area contributed by atoms with Gasteiger partial charge < -0.3 is 9.67 Å². The van der Waals surface area contributed by atoms with Gasteiger partial charge in [-0.05, 0) is 11.6 Å². The molecule has 1 aromatic heterocycles. The third-order valence-electron chi connectivity index (χ3n) is 5.70. The highest BCUT2D eigenvalue weighted by Crippen LogP contribution is 2.46. The molecule has 0 saturated carbocycles. The number of hydrogen-bond donors (Lipinski definition) is 1. The Balaban J connectivity index is 1.89. The van der Waals surface area contributed by atoms with Gasteiger partial charge in [-0.1, -0.05) is 60.7 Å². The van der Waals surface area contributed by atoms with E-state index in [0.717, 1.165) is 23.9 Å². The van der Waals surface area contributed by atoms with Crippen LogP contribution in [0.25, 0.3) is 10.9 Å². The standard InChI is InChI=1S/C25H19F3N2O4/c26-25(27,28)24(32,14-23(31)18-9-5-2-6-10-18)21-16-29(15-17-7-3-1-4-8-17)22-13-19(30(33)34)11-12-20(21)22/h1-13,16,32H,14-15H2. The number of hydrogen-bond acceptors (Lipinski definition) is 4. The van der Waals surface area contributed by atoms with Crippen molar-refractivity contribution in [3.63, 3.8) is 0 Å². The average Bonchev–Trinajstić information content (AvgIpc) is 3.17. The number of carbonyl (C=O) groups excluding carboxylic acids is 1. The quantitative estimate of drug-likeness (QED) is 0.217. The van der Waals surface area contributed by atoms with Gasteiger partial charge in [0.15, 0.2) is 11.4 Å². The number of nitro groups is 1. The Hall–Kier alpha value is -3.98. The van der Waals surface area contributed by atoms with Crippen LogP contribution in [-0.4, -0.2) is 26.6 Å². The molecule has 1 heterocycles. The molecule has 1 N–H and O–H groups in total. The van der Waals surface area contributed by atoms with E-state index < -0.39 is 34.5 Å². The molecule has 3 aromatic carbocycles. The molecule has 4 rings (SSSR count). The van der Waals surface area contributed by atoms with Gasteiger partial charge in [-0.15, -0.1) is 0 Å². The SMILES string of the molecule is O=C(CC(O)(c1cn(Cc2ccccc2)c2cc([N+](=O)[O-])ccc12)C(F)(F)F)c1ccccc1. The molecule has 0 spiro atoms. The minimum absolute atomic E-state index is 0.0257. The number of alkyl halides is 3. The van der Waals surface area contributed by atoms with Gasteiger partial charge in [-0.2, -0.15) is 13.2 Å². The van der Waals surface area contributed by atoms with E-state index in [2.05, 4.69) is 0 Å². The summed E-state index contributed by atoms with van der Waals surface area (Å²) in [6, 6.07) is 19.7. The highest BCUT2D eigenvalue weighted by atomic mass is 19.4.